The Morgan fingerprint density at radius 2 is 1.74 bits per heavy atom. The van der Waals surface area contributed by atoms with Gasteiger partial charge >= 0.3 is 6.09 Å². The average molecular weight is 471 g/mol. The first-order chi connectivity index (χ1) is 16.2. The van der Waals surface area contributed by atoms with Gasteiger partial charge in [-0.05, 0) is 58.4 Å². The topological polar surface area (TPSA) is 91.0 Å². The summed E-state index contributed by atoms with van der Waals surface area (Å²) in [5.41, 5.74) is 2.78. The smallest absolute Gasteiger partial charge is 0.410 e. The third kappa shape index (κ3) is 5.37. The maximum atomic E-state index is 13.7. The van der Waals surface area contributed by atoms with Crippen LogP contribution in [-0.2, 0) is 20.7 Å². The second-order valence-electron chi connectivity index (χ2n) is 10.9. The fourth-order valence-electron chi connectivity index (χ4n) is 5.19. The number of benzene rings is 1. The Kier molecular flexibility index (Phi) is 7.17. The Hall–Kier alpha value is -2.61. The zero-order valence-corrected chi connectivity index (χ0v) is 20.6. The Balaban J connectivity index is 1.46. The monoisotopic (exact) mass is 470 g/mol. The Morgan fingerprint density at radius 1 is 1.09 bits per heavy atom. The third-order valence-corrected chi connectivity index (χ3v) is 7.12. The van der Waals surface area contributed by atoms with Crippen molar-refractivity contribution >= 4 is 17.9 Å². The van der Waals surface area contributed by atoms with Crippen LogP contribution >= 0.6 is 0 Å². The van der Waals surface area contributed by atoms with E-state index in [0.717, 1.165) is 31.2 Å². The van der Waals surface area contributed by atoms with Crippen molar-refractivity contribution in [3.05, 3.63) is 35.9 Å². The summed E-state index contributed by atoms with van der Waals surface area (Å²) in [7, 11) is 0. The van der Waals surface area contributed by atoms with Crippen LogP contribution in [-0.4, -0.2) is 64.1 Å². The maximum absolute atomic E-state index is 13.7. The molecule has 3 aliphatic rings. The number of amides is 3. The van der Waals surface area contributed by atoms with Crippen LogP contribution in [0.2, 0.25) is 0 Å². The molecule has 34 heavy (non-hydrogen) atoms. The number of ether oxygens (including phenoxy) is 1. The number of hydrazine groups is 1. The molecule has 2 saturated heterocycles. The van der Waals surface area contributed by atoms with E-state index in [0.29, 0.717) is 32.4 Å². The van der Waals surface area contributed by atoms with Crippen LogP contribution in [0.1, 0.15) is 71.3 Å². The van der Waals surface area contributed by atoms with E-state index in [-0.39, 0.29) is 30.0 Å². The predicted octanol–water partition coefficient (Wildman–Crippen LogP) is 3.16. The largest absolute Gasteiger partial charge is 0.444 e. The quantitative estimate of drug-likeness (QED) is 0.690. The molecule has 1 atom stereocenters. The second-order valence-corrected chi connectivity index (χ2v) is 10.9. The first-order valence-electron chi connectivity index (χ1n) is 12.6. The van der Waals surface area contributed by atoms with E-state index in [4.69, 9.17) is 4.74 Å². The molecule has 4 rings (SSSR count). The van der Waals surface area contributed by atoms with Gasteiger partial charge in [0.2, 0.25) is 5.91 Å². The number of likely N-dealkylation sites (tertiary alicyclic amines) is 1. The van der Waals surface area contributed by atoms with Crippen LogP contribution in [0.3, 0.4) is 0 Å². The van der Waals surface area contributed by atoms with Gasteiger partial charge < -0.3 is 15.0 Å². The molecule has 0 spiro atoms. The summed E-state index contributed by atoms with van der Waals surface area (Å²) >= 11 is 0. The first kappa shape index (κ1) is 24.5. The van der Waals surface area contributed by atoms with Crippen molar-refractivity contribution in [3.63, 3.8) is 0 Å². The van der Waals surface area contributed by atoms with Gasteiger partial charge in [-0.15, -0.1) is 0 Å². The van der Waals surface area contributed by atoms with Crippen molar-refractivity contribution in [2.24, 2.45) is 0 Å². The first-order valence-corrected chi connectivity index (χ1v) is 12.6. The van der Waals surface area contributed by atoms with Crippen LogP contribution in [0, 0.1) is 0 Å². The van der Waals surface area contributed by atoms with Crippen molar-refractivity contribution in [1.82, 2.24) is 20.7 Å². The third-order valence-electron chi connectivity index (χ3n) is 7.12. The molecular weight excluding hydrogens is 432 g/mol. The van der Waals surface area contributed by atoms with Gasteiger partial charge in [0, 0.05) is 19.1 Å². The standard InChI is InChI=1S/C26H38N4O4/c1-25(2,3)34-24(33)29-16-14-26(15-17-29,23(32)27-20-12-8-5-9-13-20)30-22(31)21(28-30)18-19-10-6-4-7-11-19/h4,6-7,10-11,20-21,28H,5,8-9,12-18H2,1-3H3,(H,27,32)/t21-/m1/s1. The molecule has 2 aliphatic heterocycles. The van der Waals surface area contributed by atoms with Gasteiger partial charge in [-0.3, -0.25) is 14.6 Å². The van der Waals surface area contributed by atoms with Gasteiger partial charge in [-0.1, -0.05) is 49.6 Å². The maximum Gasteiger partial charge on any atom is 0.410 e. The lowest BCUT2D eigenvalue weighted by Crippen LogP contribution is -2.79. The zero-order chi connectivity index (χ0) is 24.3. The minimum Gasteiger partial charge on any atom is -0.444 e. The lowest BCUT2D eigenvalue weighted by Gasteiger charge is -2.53. The molecule has 0 bridgehead atoms. The van der Waals surface area contributed by atoms with E-state index >= 15 is 0 Å². The lowest BCUT2D eigenvalue weighted by atomic mass is 9.82. The molecule has 8 heteroatoms. The predicted molar refractivity (Wildman–Crippen MR) is 129 cm³/mol. The molecule has 186 valence electrons. The summed E-state index contributed by atoms with van der Waals surface area (Å²) in [4.78, 5) is 41.1. The molecule has 3 fully saturated rings. The van der Waals surface area contributed by atoms with E-state index in [1.807, 2.05) is 51.1 Å². The van der Waals surface area contributed by atoms with Crippen LogP contribution in [0.5, 0.6) is 0 Å². The molecule has 0 unspecified atom stereocenters. The highest BCUT2D eigenvalue weighted by molar-refractivity contribution is 5.96. The molecule has 0 aromatic heterocycles. The Morgan fingerprint density at radius 3 is 2.32 bits per heavy atom. The van der Waals surface area contributed by atoms with Crippen LogP contribution in [0.4, 0.5) is 4.79 Å². The van der Waals surface area contributed by atoms with E-state index < -0.39 is 11.1 Å². The SMILES string of the molecule is CC(C)(C)OC(=O)N1CCC(C(=O)NC2CCCCC2)(N2N[C@H](Cc3ccccc3)C2=O)CC1. The molecular formula is C26H38N4O4. The van der Waals surface area contributed by atoms with Gasteiger partial charge in [-0.2, -0.15) is 0 Å². The van der Waals surface area contributed by atoms with Gasteiger partial charge in [0.1, 0.15) is 17.2 Å². The van der Waals surface area contributed by atoms with E-state index in [1.165, 1.54) is 6.42 Å². The van der Waals surface area contributed by atoms with Crippen molar-refractivity contribution in [1.29, 1.82) is 0 Å². The highest BCUT2D eigenvalue weighted by atomic mass is 16.6. The number of carbonyl (C=O) groups is 3. The normalized spacial score (nSPS) is 23.3. The number of hydrogen-bond acceptors (Lipinski definition) is 5. The summed E-state index contributed by atoms with van der Waals surface area (Å²) in [6.45, 7) is 6.24. The highest BCUT2D eigenvalue weighted by Gasteiger charge is 2.55. The number of hydrogen-bond donors (Lipinski definition) is 2. The molecule has 1 aromatic carbocycles. The zero-order valence-electron chi connectivity index (χ0n) is 20.6. The fourth-order valence-corrected chi connectivity index (χ4v) is 5.19. The number of piperidine rings is 1. The van der Waals surface area contributed by atoms with Gasteiger partial charge in [-0.25, -0.2) is 10.2 Å². The highest BCUT2D eigenvalue weighted by Crippen LogP contribution is 2.34. The van der Waals surface area contributed by atoms with Gasteiger partial charge in [0.25, 0.3) is 5.91 Å². The lowest BCUT2D eigenvalue weighted by molar-refractivity contribution is -0.176. The summed E-state index contributed by atoms with van der Waals surface area (Å²) < 4.78 is 5.52. The van der Waals surface area contributed by atoms with Crippen molar-refractivity contribution in [3.8, 4) is 0 Å². The molecule has 1 aromatic rings. The molecule has 1 aliphatic carbocycles. The minimum absolute atomic E-state index is 0.0617. The number of carbonyl (C=O) groups excluding carboxylic acids is 3. The fraction of sp³-hybridized carbons (Fsp3) is 0.654. The summed E-state index contributed by atoms with van der Waals surface area (Å²) in [6, 6.07) is 9.69. The number of nitrogens with one attached hydrogen (secondary N) is 2. The Labute approximate surface area is 202 Å². The van der Waals surface area contributed by atoms with Crippen LogP contribution < -0.4 is 10.7 Å². The second kappa shape index (κ2) is 9.94. The van der Waals surface area contributed by atoms with Gasteiger partial charge in [0.15, 0.2) is 0 Å². The summed E-state index contributed by atoms with van der Waals surface area (Å²) in [6.07, 6.45) is 6.35. The molecule has 3 amide bonds. The molecule has 2 heterocycles. The van der Waals surface area contributed by atoms with E-state index in [2.05, 4.69) is 10.7 Å². The summed E-state index contributed by atoms with van der Waals surface area (Å²) in [5.74, 6) is -0.171. The van der Waals surface area contributed by atoms with Crippen molar-refractivity contribution in [2.45, 2.75) is 95.4 Å². The van der Waals surface area contributed by atoms with E-state index in [1.54, 1.807) is 9.91 Å². The van der Waals surface area contributed by atoms with Crippen LogP contribution in [0.15, 0.2) is 30.3 Å². The van der Waals surface area contributed by atoms with Crippen molar-refractivity contribution < 1.29 is 19.1 Å². The van der Waals surface area contributed by atoms with E-state index in [9.17, 15) is 14.4 Å². The number of rotatable bonds is 5. The minimum atomic E-state index is -1.000. The van der Waals surface area contributed by atoms with Crippen LogP contribution in [0.25, 0.3) is 0 Å². The molecule has 1 saturated carbocycles. The van der Waals surface area contributed by atoms with Gasteiger partial charge in [0.05, 0.1) is 0 Å². The Bertz CT molecular complexity index is 884. The molecule has 0 radical (unpaired) electrons. The summed E-state index contributed by atoms with van der Waals surface area (Å²) in [5, 5.41) is 4.79. The number of nitrogens with zero attached hydrogens (tertiary/aromatic N) is 2. The molecule has 8 nitrogen and oxygen atoms in total. The molecule has 2 N–H and O–H groups in total. The van der Waals surface area contributed by atoms with Crippen molar-refractivity contribution in [2.75, 3.05) is 13.1 Å². The average Bonchev–Trinajstić information content (AvgIpc) is 2.81.